The molecule has 2 heterocycles. The molecule has 1 aliphatic rings. The average Bonchev–Trinajstić information content (AvgIpc) is 2.83. The van der Waals surface area contributed by atoms with Crippen molar-refractivity contribution in [2.75, 3.05) is 7.11 Å². The Morgan fingerprint density at radius 2 is 2.00 bits per heavy atom. The number of fused-ring (bicyclic) bond motifs is 1. The highest BCUT2D eigenvalue weighted by Crippen LogP contribution is 2.28. The monoisotopic (exact) mass is 288 g/mol. The maximum absolute atomic E-state index is 5.16. The first-order chi connectivity index (χ1) is 9.67. The highest BCUT2D eigenvalue weighted by Gasteiger charge is 2.22. The molecular formula is C14H16N4OS. The molecule has 0 unspecified atom stereocenters. The number of ether oxygens (including phenoxy) is 1. The molecule has 0 spiro atoms. The number of methoxy groups -OCH3 is 1. The van der Waals surface area contributed by atoms with Gasteiger partial charge in [-0.1, -0.05) is 23.9 Å². The van der Waals surface area contributed by atoms with Gasteiger partial charge in [-0.05, 0) is 31.5 Å². The van der Waals surface area contributed by atoms with Crippen molar-refractivity contribution < 1.29 is 4.74 Å². The average molecular weight is 288 g/mol. The van der Waals surface area contributed by atoms with Gasteiger partial charge in [0.15, 0.2) is 5.82 Å². The van der Waals surface area contributed by atoms with Gasteiger partial charge >= 0.3 is 0 Å². The van der Waals surface area contributed by atoms with E-state index in [0.29, 0.717) is 11.7 Å². The molecule has 5 nitrogen and oxygen atoms in total. The number of rotatable bonds is 3. The molecule has 1 atom stereocenters. The Balaban J connectivity index is 1.86. The molecule has 6 heteroatoms. The molecule has 1 aliphatic heterocycles. The van der Waals surface area contributed by atoms with E-state index < -0.39 is 0 Å². The lowest BCUT2D eigenvalue weighted by Gasteiger charge is -2.16. The zero-order valence-corrected chi connectivity index (χ0v) is 12.5. The molecule has 0 N–H and O–H groups in total. The summed E-state index contributed by atoms with van der Waals surface area (Å²) in [5.74, 6) is 1.72. The molecule has 2 aromatic rings. The zero-order valence-electron chi connectivity index (χ0n) is 11.7. The number of hydrogen-bond donors (Lipinski definition) is 0. The third kappa shape index (κ3) is 2.43. The van der Waals surface area contributed by atoms with Crippen molar-refractivity contribution in [1.29, 1.82) is 0 Å². The van der Waals surface area contributed by atoms with Gasteiger partial charge in [-0.3, -0.25) is 0 Å². The van der Waals surface area contributed by atoms with E-state index in [0.717, 1.165) is 28.0 Å². The lowest BCUT2D eigenvalue weighted by Crippen LogP contribution is -2.18. The Labute approximate surface area is 122 Å². The molecule has 0 saturated heterocycles. The van der Waals surface area contributed by atoms with Gasteiger partial charge in [-0.2, -0.15) is 9.78 Å². The van der Waals surface area contributed by atoms with Gasteiger partial charge in [0.1, 0.15) is 5.75 Å². The smallest absolute Gasteiger partial charge is 0.212 e. The predicted octanol–water partition coefficient (Wildman–Crippen LogP) is 2.60. The summed E-state index contributed by atoms with van der Waals surface area (Å²) in [5.41, 5.74) is 2.26. The van der Waals surface area contributed by atoms with Crippen LogP contribution in [0.3, 0.4) is 0 Å². The van der Waals surface area contributed by atoms with Gasteiger partial charge in [0.05, 0.1) is 7.11 Å². The van der Waals surface area contributed by atoms with E-state index >= 15 is 0 Å². The molecule has 0 fully saturated rings. The molecule has 0 aliphatic carbocycles. The minimum absolute atomic E-state index is 0.362. The Morgan fingerprint density at radius 3 is 2.70 bits per heavy atom. The van der Waals surface area contributed by atoms with Crippen LogP contribution in [0.4, 0.5) is 0 Å². The molecule has 0 amide bonds. The minimum Gasteiger partial charge on any atom is -0.497 e. The van der Waals surface area contributed by atoms with Crippen LogP contribution in [-0.2, 0) is 6.42 Å². The first-order valence-corrected chi connectivity index (χ1v) is 7.34. The van der Waals surface area contributed by atoms with Gasteiger partial charge < -0.3 is 4.74 Å². The summed E-state index contributed by atoms with van der Waals surface area (Å²) in [6, 6.07) is 7.98. The maximum Gasteiger partial charge on any atom is 0.212 e. The summed E-state index contributed by atoms with van der Waals surface area (Å²) < 4.78 is 7.01. The lowest BCUT2D eigenvalue weighted by molar-refractivity contribution is 0.414. The molecule has 1 aromatic heterocycles. The van der Waals surface area contributed by atoms with Gasteiger partial charge in [0, 0.05) is 17.4 Å². The van der Waals surface area contributed by atoms with Crippen LogP contribution in [0.2, 0.25) is 0 Å². The van der Waals surface area contributed by atoms with Crippen molar-refractivity contribution >= 4 is 17.5 Å². The van der Waals surface area contributed by atoms with Crippen LogP contribution in [0.15, 0.2) is 34.5 Å². The van der Waals surface area contributed by atoms with E-state index in [1.807, 2.05) is 35.9 Å². The molecule has 0 bridgehead atoms. The van der Waals surface area contributed by atoms with Gasteiger partial charge in [0.25, 0.3) is 0 Å². The Kier molecular flexibility index (Phi) is 3.48. The number of nitrogens with zero attached hydrogens (tertiary/aromatic N) is 4. The molecule has 0 radical (unpaired) electrons. The molecule has 0 saturated carbocycles. The van der Waals surface area contributed by atoms with E-state index in [1.165, 1.54) is 0 Å². The Hall–Kier alpha value is -1.82. The zero-order chi connectivity index (χ0) is 14.1. The first kappa shape index (κ1) is 13.2. The molecule has 3 rings (SSSR count). The van der Waals surface area contributed by atoms with Gasteiger partial charge in [-0.15, -0.1) is 10.2 Å². The van der Waals surface area contributed by atoms with Crippen LogP contribution < -0.4 is 4.74 Å². The second-order valence-corrected chi connectivity index (χ2v) is 6.04. The SMILES string of the molecule is COc1ccc(Cc2nnc3n2N=C(C)[C@H](C)S3)cc1. The van der Waals surface area contributed by atoms with E-state index in [-0.39, 0.29) is 0 Å². The van der Waals surface area contributed by atoms with Crippen LogP contribution in [0.25, 0.3) is 0 Å². The van der Waals surface area contributed by atoms with Crippen molar-refractivity contribution in [1.82, 2.24) is 14.9 Å². The van der Waals surface area contributed by atoms with Crippen molar-refractivity contribution in [3.63, 3.8) is 0 Å². The predicted molar refractivity (Wildman–Crippen MR) is 79.6 cm³/mol. The number of benzene rings is 1. The van der Waals surface area contributed by atoms with Crippen molar-refractivity contribution in [3.05, 3.63) is 35.7 Å². The minimum atomic E-state index is 0.362. The van der Waals surface area contributed by atoms with Crippen LogP contribution in [0.5, 0.6) is 5.75 Å². The molecule has 1 aromatic carbocycles. The molecule has 20 heavy (non-hydrogen) atoms. The fourth-order valence-electron chi connectivity index (χ4n) is 1.99. The maximum atomic E-state index is 5.16. The highest BCUT2D eigenvalue weighted by molar-refractivity contribution is 8.00. The topological polar surface area (TPSA) is 52.3 Å². The number of aromatic nitrogens is 3. The van der Waals surface area contributed by atoms with E-state index in [1.54, 1.807) is 18.9 Å². The largest absolute Gasteiger partial charge is 0.497 e. The summed E-state index contributed by atoms with van der Waals surface area (Å²) in [6.07, 6.45) is 0.711. The van der Waals surface area contributed by atoms with Crippen molar-refractivity contribution in [2.24, 2.45) is 5.10 Å². The van der Waals surface area contributed by atoms with Crippen LogP contribution in [0, 0.1) is 0 Å². The van der Waals surface area contributed by atoms with Gasteiger partial charge in [0.2, 0.25) is 5.16 Å². The number of thioether (sulfide) groups is 1. The van der Waals surface area contributed by atoms with Crippen molar-refractivity contribution in [2.45, 2.75) is 30.7 Å². The quantitative estimate of drug-likeness (QED) is 0.871. The first-order valence-electron chi connectivity index (χ1n) is 6.46. The van der Waals surface area contributed by atoms with Gasteiger partial charge in [-0.25, -0.2) is 0 Å². The van der Waals surface area contributed by atoms with Crippen LogP contribution >= 0.6 is 11.8 Å². The van der Waals surface area contributed by atoms with Crippen LogP contribution in [-0.4, -0.2) is 32.9 Å². The Bertz CT molecular complexity index is 648. The molecule has 104 valence electrons. The van der Waals surface area contributed by atoms with Crippen LogP contribution in [0.1, 0.15) is 25.2 Å². The third-order valence-electron chi connectivity index (χ3n) is 3.33. The van der Waals surface area contributed by atoms with E-state index in [2.05, 4.69) is 22.2 Å². The standard InChI is InChI=1S/C14H16N4OS/c1-9-10(2)20-14-16-15-13(18(14)17-9)8-11-4-6-12(19-3)7-5-11/h4-7,10H,8H2,1-3H3/t10-/m0/s1. The second kappa shape index (κ2) is 5.28. The third-order valence-corrected chi connectivity index (χ3v) is 4.49. The molecular weight excluding hydrogens is 272 g/mol. The normalized spacial score (nSPS) is 17.6. The summed E-state index contributed by atoms with van der Waals surface area (Å²) in [5, 5.41) is 14.3. The summed E-state index contributed by atoms with van der Waals surface area (Å²) in [4.78, 5) is 0. The van der Waals surface area contributed by atoms with E-state index in [9.17, 15) is 0 Å². The van der Waals surface area contributed by atoms with Crippen molar-refractivity contribution in [3.8, 4) is 5.75 Å². The fourth-order valence-corrected chi connectivity index (χ4v) is 2.86. The number of hydrogen-bond acceptors (Lipinski definition) is 5. The highest BCUT2D eigenvalue weighted by atomic mass is 32.2. The van der Waals surface area contributed by atoms with E-state index in [4.69, 9.17) is 4.74 Å². The summed E-state index contributed by atoms with van der Waals surface area (Å²) in [6.45, 7) is 4.17. The summed E-state index contributed by atoms with van der Waals surface area (Å²) in [7, 11) is 1.67. The summed E-state index contributed by atoms with van der Waals surface area (Å²) >= 11 is 1.70. The lowest BCUT2D eigenvalue weighted by atomic mass is 10.1. The Morgan fingerprint density at radius 1 is 1.25 bits per heavy atom. The second-order valence-electron chi connectivity index (χ2n) is 4.74. The fraction of sp³-hybridized carbons (Fsp3) is 0.357.